The molecule has 1 N–H and O–H groups in total. The number of aryl methyl sites for hydroxylation is 2. The summed E-state index contributed by atoms with van der Waals surface area (Å²) >= 11 is 0. The largest absolute Gasteiger partial charge is 0.352 e. The lowest BCUT2D eigenvalue weighted by molar-refractivity contribution is -0.122. The zero-order valence-corrected chi connectivity index (χ0v) is 17.3. The molecule has 0 spiro atoms. The molecule has 2 aromatic rings. The normalized spacial score (nSPS) is 18.7. The number of hydrogen-bond donors (Lipinski definition) is 1. The molecule has 2 aromatic heterocycles. The first-order valence-corrected chi connectivity index (χ1v) is 11.2. The predicted octanol–water partition coefficient (Wildman–Crippen LogP) is 1.85. The van der Waals surface area contributed by atoms with Gasteiger partial charge in [-0.2, -0.15) is 5.10 Å². The molecule has 1 saturated carbocycles. The molecular formula is C22H28N6O2. The number of anilines is 1. The maximum atomic E-state index is 12.5. The van der Waals surface area contributed by atoms with Crippen LogP contribution in [0.25, 0.3) is 11.3 Å². The molecule has 0 radical (unpaired) electrons. The quantitative estimate of drug-likeness (QED) is 0.830. The summed E-state index contributed by atoms with van der Waals surface area (Å²) in [6.07, 6.45) is 11.3. The zero-order chi connectivity index (χ0) is 20.5. The number of hydrogen-bond acceptors (Lipinski definition) is 6. The van der Waals surface area contributed by atoms with Gasteiger partial charge in [-0.05, 0) is 50.5 Å². The van der Waals surface area contributed by atoms with Crippen molar-refractivity contribution in [3.05, 3.63) is 33.9 Å². The van der Waals surface area contributed by atoms with Gasteiger partial charge in [-0.15, -0.1) is 0 Å². The van der Waals surface area contributed by atoms with Gasteiger partial charge in [-0.25, -0.2) is 14.6 Å². The Bertz CT molecular complexity index is 1010. The van der Waals surface area contributed by atoms with Gasteiger partial charge >= 0.3 is 0 Å². The van der Waals surface area contributed by atoms with Crippen LogP contribution in [0.1, 0.15) is 56.2 Å². The smallest absolute Gasteiger partial charge is 0.267 e. The van der Waals surface area contributed by atoms with Gasteiger partial charge in [0.15, 0.2) is 0 Å². The lowest BCUT2D eigenvalue weighted by atomic mass is 9.94. The van der Waals surface area contributed by atoms with Crippen molar-refractivity contribution in [1.82, 2.24) is 25.1 Å². The highest BCUT2D eigenvalue weighted by molar-refractivity contribution is 5.76. The highest BCUT2D eigenvalue weighted by Gasteiger charge is 2.24. The third-order valence-corrected chi connectivity index (χ3v) is 6.47. The summed E-state index contributed by atoms with van der Waals surface area (Å²) in [5.74, 6) is 0.644. The Morgan fingerprint density at radius 2 is 1.90 bits per heavy atom. The van der Waals surface area contributed by atoms with Crippen LogP contribution in [-0.4, -0.2) is 44.8 Å². The second kappa shape index (κ2) is 8.16. The maximum Gasteiger partial charge on any atom is 0.267 e. The Hall–Kier alpha value is -2.77. The molecule has 0 unspecified atom stereocenters. The van der Waals surface area contributed by atoms with E-state index in [0.29, 0.717) is 0 Å². The minimum Gasteiger partial charge on any atom is -0.352 e. The van der Waals surface area contributed by atoms with Crippen LogP contribution in [0.15, 0.2) is 17.1 Å². The molecule has 0 atom stereocenters. The Morgan fingerprint density at radius 1 is 1.10 bits per heavy atom. The third-order valence-electron chi connectivity index (χ3n) is 6.47. The minimum absolute atomic E-state index is 0.0509. The first kappa shape index (κ1) is 19.2. The second-order valence-corrected chi connectivity index (χ2v) is 8.64. The van der Waals surface area contributed by atoms with Crippen LogP contribution in [0.2, 0.25) is 0 Å². The van der Waals surface area contributed by atoms with E-state index in [9.17, 15) is 9.59 Å². The Labute approximate surface area is 175 Å². The van der Waals surface area contributed by atoms with Crippen LogP contribution in [0.4, 0.5) is 5.95 Å². The molecule has 30 heavy (non-hydrogen) atoms. The second-order valence-electron chi connectivity index (χ2n) is 8.64. The summed E-state index contributed by atoms with van der Waals surface area (Å²) in [5.41, 5.74) is 3.27. The number of nitrogens with zero attached hydrogens (tertiary/aromatic N) is 5. The zero-order valence-electron chi connectivity index (χ0n) is 17.3. The number of fused-ring (bicyclic) bond motifs is 3. The van der Waals surface area contributed by atoms with E-state index in [1.165, 1.54) is 23.9 Å². The van der Waals surface area contributed by atoms with E-state index in [-0.39, 0.29) is 24.1 Å². The predicted molar refractivity (Wildman–Crippen MR) is 113 cm³/mol. The van der Waals surface area contributed by atoms with Gasteiger partial charge in [0.1, 0.15) is 6.54 Å². The van der Waals surface area contributed by atoms with Crippen LogP contribution < -0.4 is 15.8 Å². The van der Waals surface area contributed by atoms with Crippen LogP contribution >= 0.6 is 0 Å². The first-order valence-electron chi connectivity index (χ1n) is 11.2. The standard InChI is InChI=1S/C22H28N6O2/c29-19(24-16-6-2-3-7-16)14-28-20(30)12-15-8-9-18-17(21(15)26-28)13-23-22(25-18)27-10-4-1-5-11-27/h12-13,16H,1-11,14H2,(H,24,29). The molecule has 2 aliphatic carbocycles. The van der Waals surface area contributed by atoms with E-state index < -0.39 is 0 Å². The first-order chi connectivity index (χ1) is 14.7. The van der Waals surface area contributed by atoms with Gasteiger partial charge in [-0.3, -0.25) is 9.59 Å². The van der Waals surface area contributed by atoms with E-state index >= 15 is 0 Å². The molecule has 3 aliphatic rings. The third kappa shape index (κ3) is 3.82. The maximum absolute atomic E-state index is 12.5. The molecule has 1 amide bonds. The van der Waals surface area contributed by atoms with Gasteiger partial charge in [0.2, 0.25) is 11.9 Å². The average Bonchev–Trinajstić information content (AvgIpc) is 3.27. The van der Waals surface area contributed by atoms with Crippen molar-refractivity contribution < 1.29 is 4.79 Å². The molecule has 8 heteroatoms. The summed E-state index contributed by atoms with van der Waals surface area (Å²) in [6, 6.07) is 1.85. The minimum atomic E-state index is -0.232. The number of piperidine rings is 1. The topological polar surface area (TPSA) is 93.0 Å². The molecule has 8 nitrogen and oxygen atoms in total. The Kier molecular flexibility index (Phi) is 5.23. The van der Waals surface area contributed by atoms with Gasteiger partial charge in [0, 0.05) is 37.0 Å². The number of carbonyl (C=O) groups is 1. The summed E-state index contributed by atoms with van der Waals surface area (Å²) in [6.45, 7) is 1.96. The number of rotatable bonds is 4. The molecule has 0 aromatic carbocycles. The number of nitrogens with one attached hydrogen (secondary N) is 1. The number of carbonyl (C=O) groups excluding carboxylic acids is 1. The highest BCUT2D eigenvalue weighted by atomic mass is 16.2. The molecule has 2 fully saturated rings. The molecule has 3 heterocycles. The van der Waals surface area contributed by atoms with E-state index in [0.717, 1.165) is 80.1 Å². The molecule has 1 saturated heterocycles. The van der Waals surface area contributed by atoms with Crippen LogP contribution in [0.5, 0.6) is 0 Å². The summed E-state index contributed by atoms with van der Waals surface area (Å²) < 4.78 is 1.27. The lowest BCUT2D eigenvalue weighted by Gasteiger charge is -2.28. The van der Waals surface area contributed by atoms with Crippen molar-refractivity contribution in [1.29, 1.82) is 0 Å². The van der Waals surface area contributed by atoms with Crippen LogP contribution in [0.3, 0.4) is 0 Å². The van der Waals surface area contributed by atoms with Gasteiger partial charge in [0.25, 0.3) is 5.56 Å². The lowest BCUT2D eigenvalue weighted by Crippen LogP contribution is -2.38. The van der Waals surface area contributed by atoms with E-state index in [1.807, 2.05) is 6.20 Å². The summed E-state index contributed by atoms with van der Waals surface area (Å²) in [4.78, 5) is 36.6. The monoisotopic (exact) mass is 408 g/mol. The average molecular weight is 409 g/mol. The van der Waals surface area contributed by atoms with Crippen molar-refractivity contribution >= 4 is 11.9 Å². The highest BCUT2D eigenvalue weighted by Crippen LogP contribution is 2.30. The number of amides is 1. The summed E-state index contributed by atoms with van der Waals surface area (Å²) in [7, 11) is 0. The summed E-state index contributed by atoms with van der Waals surface area (Å²) in [5, 5.41) is 7.59. The fourth-order valence-electron chi connectivity index (χ4n) is 4.83. The van der Waals surface area contributed by atoms with Crippen molar-refractivity contribution in [2.45, 2.75) is 70.4 Å². The molecule has 0 bridgehead atoms. The van der Waals surface area contributed by atoms with E-state index in [1.54, 1.807) is 6.07 Å². The van der Waals surface area contributed by atoms with Crippen molar-refractivity contribution in [3.8, 4) is 11.3 Å². The van der Waals surface area contributed by atoms with Crippen LogP contribution in [-0.2, 0) is 24.2 Å². The van der Waals surface area contributed by atoms with E-state index in [4.69, 9.17) is 4.98 Å². The van der Waals surface area contributed by atoms with Crippen LogP contribution in [0, 0.1) is 0 Å². The molecule has 158 valence electrons. The fourth-order valence-corrected chi connectivity index (χ4v) is 4.83. The Balaban J connectivity index is 1.40. The Morgan fingerprint density at radius 3 is 2.70 bits per heavy atom. The fraction of sp³-hybridized carbons (Fsp3) is 0.591. The van der Waals surface area contributed by atoms with Crippen molar-refractivity contribution in [2.24, 2.45) is 0 Å². The molecule has 5 rings (SSSR count). The van der Waals surface area contributed by atoms with Crippen molar-refractivity contribution in [3.63, 3.8) is 0 Å². The van der Waals surface area contributed by atoms with Crippen molar-refractivity contribution in [2.75, 3.05) is 18.0 Å². The molecular weight excluding hydrogens is 380 g/mol. The van der Waals surface area contributed by atoms with Gasteiger partial charge < -0.3 is 10.2 Å². The molecule has 1 aliphatic heterocycles. The number of aromatic nitrogens is 4. The van der Waals surface area contributed by atoms with E-state index in [2.05, 4.69) is 20.3 Å². The van der Waals surface area contributed by atoms with Gasteiger partial charge in [-0.1, -0.05) is 12.8 Å². The SMILES string of the molecule is O=C(Cn1nc2c(cc1=O)CCc1nc(N3CCCCC3)ncc1-2)NC1CCCC1. The van der Waals surface area contributed by atoms with Gasteiger partial charge in [0.05, 0.1) is 11.4 Å².